The fourth-order valence-corrected chi connectivity index (χ4v) is 1.21. The zero-order chi connectivity index (χ0) is 9.84. The normalized spacial score (nSPS) is 11.6. The van der Waals surface area contributed by atoms with Gasteiger partial charge in [-0.15, -0.1) is 0 Å². The molecule has 1 rings (SSSR count). The minimum atomic E-state index is -1.11. The van der Waals surface area contributed by atoms with Gasteiger partial charge in [0.2, 0.25) is 0 Å². The van der Waals surface area contributed by atoms with E-state index in [1.54, 1.807) is 18.2 Å². The van der Waals surface area contributed by atoms with Crippen LogP contribution in [0.3, 0.4) is 0 Å². The third-order valence-electron chi connectivity index (χ3n) is 2.30. The van der Waals surface area contributed by atoms with Crippen LogP contribution in [-0.2, 0) is 0 Å². The molecule has 0 spiro atoms. The Morgan fingerprint density at radius 2 is 2.14 bits per heavy atom. The van der Waals surface area contributed by atoms with Gasteiger partial charge in [-0.05, 0) is 29.5 Å². The zero-order valence-corrected chi connectivity index (χ0v) is 10.9. The first kappa shape index (κ1) is 13.7. The maximum absolute atomic E-state index is 10.6. The van der Waals surface area contributed by atoms with Gasteiger partial charge in [-0.25, -0.2) is 0 Å². The maximum Gasteiger partial charge on any atom is 1.00 e. The Hall–Kier alpha value is -0.310. The number of aromatic carboxylic acids is 1. The molecule has 14 heavy (non-hydrogen) atoms. The average Bonchev–Trinajstić information content (AvgIpc) is 2.17. The number of carboxylic acid groups (broad SMARTS) is 1. The van der Waals surface area contributed by atoms with Crippen LogP contribution in [0.4, 0.5) is 0 Å². The second kappa shape index (κ2) is 6.23. The molecule has 0 aromatic heterocycles. The van der Waals surface area contributed by atoms with E-state index in [1.165, 1.54) is 0 Å². The number of hydrogen-bond acceptors (Lipinski definition) is 2. The van der Waals surface area contributed by atoms with Crippen molar-refractivity contribution in [3.8, 4) is 0 Å². The van der Waals surface area contributed by atoms with Crippen molar-refractivity contribution in [1.82, 2.24) is 0 Å². The van der Waals surface area contributed by atoms with Gasteiger partial charge in [-0.1, -0.05) is 32.0 Å². The summed E-state index contributed by atoms with van der Waals surface area (Å²) in [4.78, 5) is 10.6. The molecule has 0 heterocycles. The molecule has 0 N–H and O–H groups in total. The standard InChI is InChI=1S/C11H14O2.Na/c1-3-8(2)9-5-4-6-10(7-9)11(12)13;/h4-8H,3H2,1-2H3,(H,12,13);/q;+1/p-1. The van der Waals surface area contributed by atoms with Gasteiger partial charge in [0, 0.05) is 0 Å². The summed E-state index contributed by atoms with van der Waals surface area (Å²) in [5.41, 5.74) is 1.32. The summed E-state index contributed by atoms with van der Waals surface area (Å²) in [5, 5.41) is 10.6. The van der Waals surface area contributed by atoms with E-state index in [0.29, 0.717) is 5.92 Å². The Labute approximate surface area is 107 Å². The van der Waals surface area contributed by atoms with Crippen molar-refractivity contribution in [2.75, 3.05) is 0 Å². The van der Waals surface area contributed by atoms with E-state index in [-0.39, 0.29) is 35.1 Å². The molecule has 0 aliphatic heterocycles. The number of benzene rings is 1. The summed E-state index contributed by atoms with van der Waals surface area (Å²) in [6.45, 7) is 4.16. The van der Waals surface area contributed by atoms with Crippen LogP contribution in [0.5, 0.6) is 0 Å². The molecular weight excluding hydrogens is 187 g/mol. The van der Waals surface area contributed by atoms with E-state index in [4.69, 9.17) is 0 Å². The minimum Gasteiger partial charge on any atom is -0.545 e. The van der Waals surface area contributed by atoms with Crippen LogP contribution in [-0.4, -0.2) is 5.97 Å². The van der Waals surface area contributed by atoms with Gasteiger partial charge in [0.1, 0.15) is 0 Å². The molecule has 3 heteroatoms. The quantitative estimate of drug-likeness (QED) is 0.561. The molecular formula is C11H13NaO2. The predicted molar refractivity (Wildman–Crippen MR) is 49.5 cm³/mol. The van der Waals surface area contributed by atoms with Gasteiger partial charge >= 0.3 is 29.6 Å². The van der Waals surface area contributed by atoms with Gasteiger partial charge < -0.3 is 9.90 Å². The summed E-state index contributed by atoms with van der Waals surface area (Å²) < 4.78 is 0. The van der Waals surface area contributed by atoms with Crippen molar-refractivity contribution in [3.63, 3.8) is 0 Å². The molecule has 0 radical (unpaired) electrons. The van der Waals surface area contributed by atoms with Crippen LogP contribution in [0.15, 0.2) is 24.3 Å². The zero-order valence-electron chi connectivity index (χ0n) is 8.91. The van der Waals surface area contributed by atoms with E-state index in [2.05, 4.69) is 13.8 Å². The summed E-state index contributed by atoms with van der Waals surface area (Å²) in [7, 11) is 0. The van der Waals surface area contributed by atoms with Crippen LogP contribution in [0, 0.1) is 0 Å². The Bertz CT molecular complexity index is 310. The monoisotopic (exact) mass is 200 g/mol. The second-order valence-corrected chi connectivity index (χ2v) is 3.22. The fraction of sp³-hybridized carbons (Fsp3) is 0.364. The molecule has 1 atom stereocenters. The van der Waals surface area contributed by atoms with Crippen LogP contribution >= 0.6 is 0 Å². The number of carbonyl (C=O) groups excluding carboxylic acids is 1. The molecule has 0 aliphatic rings. The summed E-state index contributed by atoms with van der Waals surface area (Å²) in [6.07, 6.45) is 1.01. The summed E-state index contributed by atoms with van der Waals surface area (Å²) in [5.74, 6) is -0.704. The molecule has 2 nitrogen and oxygen atoms in total. The predicted octanol–water partition coefficient (Wildman–Crippen LogP) is -1.43. The average molecular weight is 200 g/mol. The van der Waals surface area contributed by atoms with E-state index in [0.717, 1.165) is 12.0 Å². The third kappa shape index (κ3) is 3.45. The van der Waals surface area contributed by atoms with Crippen molar-refractivity contribution in [3.05, 3.63) is 35.4 Å². The number of carbonyl (C=O) groups is 1. The van der Waals surface area contributed by atoms with Gasteiger partial charge in [-0.2, -0.15) is 0 Å². The molecule has 0 aliphatic carbocycles. The topological polar surface area (TPSA) is 40.1 Å². The maximum atomic E-state index is 10.6. The van der Waals surface area contributed by atoms with Crippen molar-refractivity contribution in [2.45, 2.75) is 26.2 Å². The Morgan fingerprint density at radius 1 is 1.50 bits per heavy atom. The van der Waals surface area contributed by atoms with Crippen LogP contribution in [0.1, 0.15) is 42.1 Å². The van der Waals surface area contributed by atoms with E-state index < -0.39 is 5.97 Å². The Kier molecular flexibility index (Phi) is 6.09. The minimum absolute atomic E-state index is 0. The first-order chi connectivity index (χ1) is 6.15. The van der Waals surface area contributed by atoms with Gasteiger partial charge in [-0.3, -0.25) is 0 Å². The molecule has 70 valence electrons. The van der Waals surface area contributed by atoms with Crippen LogP contribution in [0.2, 0.25) is 0 Å². The van der Waals surface area contributed by atoms with E-state index in [1.807, 2.05) is 6.07 Å². The number of carboxylic acids is 1. The third-order valence-corrected chi connectivity index (χ3v) is 2.30. The molecule has 0 saturated carbocycles. The largest absolute Gasteiger partial charge is 1.00 e. The van der Waals surface area contributed by atoms with Crippen molar-refractivity contribution in [1.29, 1.82) is 0 Å². The smallest absolute Gasteiger partial charge is 0.545 e. The summed E-state index contributed by atoms with van der Waals surface area (Å²) >= 11 is 0. The molecule has 0 bridgehead atoms. The molecule has 0 fully saturated rings. The Morgan fingerprint density at radius 3 is 2.64 bits per heavy atom. The van der Waals surface area contributed by atoms with Gasteiger partial charge in [0.05, 0.1) is 5.97 Å². The summed E-state index contributed by atoms with van der Waals surface area (Å²) in [6, 6.07) is 6.94. The van der Waals surface area contributed by atoms with Crippen molar-refractivity contribution >= 4 is 5.97 Å². The van der Waals surface area contributed by atoms with E-state index in [9.17, 15) is 9.90 Å². The Balaban J connectivity index is 0.00000169. The van der Waals surface area contributed by atoms with Crippen LogP contribution in [0.25, 0.3) is 0 Å². The molecule has 1 aromatic rings. The molecule has 1 unspecified atom stereocenters. The molecule has 0 saturated heterocycles. The van der Waals surface area contributed by atoms with Gasteiger partial charge in [0.25, 0.3) is 0 Å². The second-order valence-electron chi connectivity index (χ2n) is 3.22. The first-order valence-electron chi connectivity index (χ1n) is 4.46. The molecule has 1 aromatic carbocycles. The number of hydrogen-bond donors (Lipinski definition) is 0. The van der Waals surface area contributed by atoms with Crippen LogP contribution < -0.4 is 34.7 Å². The fourth-order valence-electron chi connectivity index (χ4n) is 1.21. The molecule has 0 amide bonds. The first-order valence-corrected chi connectivity index (χ1v) is 4.46. The van der Waals surface area contributed by atoms with Gasteiger partial charge in [0.15, 0.2) is 0 Å². The van der Waals surface area contributed by atoms with Crippen molar-refractivity contribution in [2.24, 2.45) is 0 Å². The van der Waals surface area contributed by atoms with E-state index >= 15 is 0 Å². The number of rotatable bonds is 3. The SMILES string of the molecule is CCC(C)c1cccc(C(=O)[O-])c1.[Na+]. The van der Waals surface area contributed by atoms with Crippen molar-refractivity contribution < 1.29 is 39.5 Å².